The van der Waals surface area contributed by atoms with Gasteiger partial charge in [0.2, 0.25) is 0 Å². The Balaban J connectivity index is 1.76. The van der Waals surface area contributed by atoms with Crippen LogP contribution in [0.3, 0.4) is 0 Å². The highest BCUT2D eigenvalue weighted by atomic mass is 16.5. The van der Waals surface area contributed by atoms with Crippen molar-refractivity contribution in [1.29, 1.82) is 5.26 Å². The monoisotopic (exact) mass is 527 g/mol. The van der Waals surface area contributed by atoms with Crippen molar-refractivity contribution in [3.63, 3.8) is 0 Å². The molecule has 200 valence electrons. The van der Waals surface area contributed by atoms with E-state index < -0.39 is 11.2 Å². The lowest BCUT2D eigenvalue weighted by atomic mass is 9.81. The predicted molar refractivity (Wildman–Crippen MR) is 167 cm³/mol. The normalized spacial score (nSPS) is 14.6. The molecule has 3 aromatic carbocycles. The van der Waals surface area contributed by atoms with Crippen molar-refractivity contribution in [2.24, 2.45) is 0 Å². The fraction of sp³-hybridized carbons (Fsp3) is 0.286. The van der Waals surface area contributed by atoms with Gasteiger partial charge in [0.25, 0.3) is 0 Å². The van der Waals surface area contributed by atoms with E-state index in [1.165, 1.54) is 5.56 Å². The van der Waals surface area contributed by atoms with Crippen molar-refractivity contribution < 1.29 is 14.2 Å². The second-order valence-electron chi connectivity index (χ2n) is 11.9. The Bertz CT molecular complexity index is 1830. The Morgan fingerprint density at radius 1 is 0.875 bits per heavy atom. The van der Waals surface area contributed by atoms with Crippen molar-refractivity contribution in [3.05, 3.63) is 88.9 Å². The molecule has 0 saturated heterocycles. The van der Waals surface area contributed by atoms with E-state index in [-0.39, 0.29) is 0 Å². The lowest BCUT2D eigenvalue weighted by Crippen LogP contribution is -2.49. The minimum absolute atomic E-state index is 0.377. The summed E-state index contributed by atoms with van der Waals surface area (Å²) >= 11 is 0. The van der Waals surface area contributed by atoms with Crippen molar-refractivity contribution >= 4 is 57.4 Å². The smallest absolute Gasteiger partial charge is 0.309 e. The first-order valence-electron chi connectivity index (χ1n) is 14.1. The number of allylic oxidation sites excluding steroid dienone is 2. The van der Waals surface area contributed by atoms with Crippen LogP contribution in [-0.2, 0) is 17.5 Å². The first-order chi connectivity index (χ1) is 19.2. The largest absolute Gasteiger partial charge is 0.461 e. The van der Waals surface area contributed by atoms with Gasteiger partial charge in [0, 0.05) is 22.9 Å². The zero-order valence-corrected chi connectivity index (χ0v) is 23.7. The molecule has 5 heteroatoms. The van der Waals surface area contributed by atoms with Crippen LogP contribution in [0.4, 0.5) is 0 Å². The molecule has 4 aromatic rings. The van der Waals surface area contributed by atoms with Gasteiger partial charge in [-0.2, -0.15) is 5.26 Å². The number of aliphatic hydroxyl groups is 1. The van der Waals surface area contributed by atoms with Crippen LogP contribution in [0, 0.1) is 11.3 Å². The summed E-state index contributed by atoms with van der Waals surface area (Å²) in [5, 5.41) is 27.2. The Hall–Kier alpha value is -3.85. The number of nitrogens with zero attached hydrogens (tertiary/aromatic N) is 1. The first kappa shape index (κ1) is 26.4. The van der Waals surface area contributed by atoms with Gasteiger partial charge in [0.05, 0.1) is 22.8 Å². The molecule has 1 heterocycles. The molecule has 6 rings (SSSR count). The molecule has 0 amide bonds. The molecule has 2 aliphatic rings. The summed E-state index contributed by atoms with van der Waals surface area (Å²) in [6, 6.07) is 19.3. The van der Waals surface area contributed by atoms with E-state index in [1.54, 1.807) is 13.8 Å². The van der Waals surface area contributed by atoms with Gasteiger partial charge in [-0.1, -0.05) is 66.2 Å². The summed E-state index contributed by atoms with van der Waals surface area (Å²) < 4.78 is 13.0. The second kappa shape index (κ2) is 9.96. The number of hydrogen-bond acceptors (Lipinski definition) is 4. The second-order valence-corrected chi connectivity index (χ2v) is 11.9. The lowest BCUT2D eigenvalue weighted by Gasteiger charge is -2.37. The number of fused-ring (bicyclic) bond motifs is 9. The molecule has 4 nitrogen and oxygen atoms in total. The van der Waals surface area contributed by atoms with Crippen LogP contribution in [0.1, 0.15) is 68.7 Å². The maximum atomic E-state index is 10.6. The molecule has 1 aromatic heterocycles. The van der Waals surface area contributed by atoms with Gasteiger partial charge in [0.15, 0.2) is 0 Å². The Labute approximate surface area is 236 Å². The molecule has 1 N–H and O–H groups in total. The maximum Gasteiger partial charge on any atom is 0.309 e. The van der Waals surface area contributed by atoms with Crippen LogP contribution in [0.5, 0.6) is 0 Å². The average molecular weight is 527 g/mol. The van der Waals surface area contributed by atoms with Crippen molar-refractivity contribution in [3.8, 4) is 6.07 Å². The Morgan fingerprint density at radius 3 is 2.38 bits per heavy atom. The molecular formula is C35H34BNO3. The van der Waals surface area contributed by atoms with E-state index in [4.69, 9.17) is 9.07 Å². The van der Waals surface area contributed by atoms with Crippen molar-refractivity contribution in [1.82, 2.24) is 0 Å². The van der Waals surface area contributed by atoms with Crippen LogP contribution in [0.25, 0.3) is 44.5 Å². The fourth-order valence-electron chi connectivity index (χ4n) is 5.69. The topological polar surface area (TPSA) is 66.4 Å². The molecule has 40 heavy (non-hydrogen) atoms. The third-order valence-electron chi connectivity index (χ3n) is 8.69. The van der Waals surface area contributed by atoms with Gasteiger partial charge >= 0.3 is 7.48 Å². The fourth-order valence-corrected chi connectivity index (χ4v) is 5.69. The predicted octanol–water partition coefficient (Wildman–Crippen LogP) is 7.20. The molecule has 0 atom stereocenters. The highest BCUT2D eigenvalue weighted by Gasteiger charge is 2.35. The number of benzene rings is 3. The molecule has 0 fully saturated rings. The lowest BCUT2D eigenvalue weighted by molar-refractivity contribution is -0.0893. The van der Waals surface area contributed by atoms with E-state index in [0.29, 0.717) is 13.0 Å². The number of rotatable bonds is 4. The van der Waals surface area contributed by atoms with Gasteiger partial charge in [-0.3, -0.25) is 0 Å². The molecule has 0 spiro atoms. The highest BCUT2D eigenvalue weighted by Crippen LogP contribution is 2.39. The summed E-state index contributed by atoms with van der Waals surface area (Å²) in [6.07, 6.45) is 12.2. The van der Waals surface area contributed by atoms with Gasteiger partial charge in [-0.25, -0.2) is 0 Å². The van der Waals surface area contributed by atoms with Crippen LogP contribution < -0.4 is 5.46 Å². The van der Waals surface area contributed by atoms with Crippen LogP contribution >= 0.6 is 0 Å². The van der Waals surface area contributed by atoms with Crippen LogP contribution in [0.2, 0.25) is 0 Å². The van der Waals surface area contributed by atoms with E-state index >= 15 is 0 Å². The third-order valence-corrected chi connectivity index (χ3v) is 8.69. The zero-order valence-electron chi connectivity index (χ0n) is 23.7. The third kappa shape index (κ3) is 4.52. The standard InChI is InChI=1S/C35H34BNO3/c1-34(2,38)35(3,4)40-36-23-17-18-28-29(20-23)25-12-7-9-15-31(25)39-32-16-10-8-13-26(32)30-19-22(21-37)24-11-5-6-14-27(24)33(28)30/h5-6,8-9,11,13-15,17-20,36,38H,7,10,12,16H2,1-4H3. The van der Waals surface area contributed by atoms with Crippen molar-refractivity contribution in [2.75, 3.05) is 0 Å². The maximum absolute atomic E-state index is 10.6. The van der Waals surface area contributed by atoms with E-state index in [9.17, 15) is 10.4 Å². The Kier molecular flexibility index (Phi) is 6.57. The summed E-state index contributed by atoms with van der Waals surface area (Å²) in [5.74, 6) is 1.84. The van der Waals surface area contributed by atoms with Crippen LogP contribution in [0.15, 0.2) is 65.1 Å². The summed E-state index contributed by atoms with van der Waals surface area (Å²) in [5.41, 5.74) is 2.22. The zero-order chi connectivity index (χ0) is 28.1. The number of aryl methyl sites for hydroxylation is 2. The van der Waals surface area contributed by atoms with Gasteiger partial charge < -0.3 is 14.2 Å². The van der Waals surface area contributed by atoms with E-state index in [2.05, 4.69) is 54.6 Å². The summed E-state index contributed by atoms with van der Waals surface area (Å²) in [6.45, 7) is 7.40. The minimum Gasteiger partial charge on any atom is -0.461 e. The molecule has 0 bridgehead atoms. The number of nitriles is 1. The van der Waals surface area contributed by atoms with Gasteiger partial charge in [-0.05, 0) is 86.0 Å². The van der Waals surface area contributed by atoms with Crippen LogP contribution in [-0.4, -0.2) is 23.8 Å². The molecule has 0 saturated carbocycles. The van der Waals surface area contributed by atoms with Gasteiger partial charge in [-0.15, -0.1) is 0 Å². The molecule has 0 unspecified atom stereocenters. The molecule has 0 aliphatic heterocycles. The SMILES string of the molecule is CC(C)(O)C(C)(C)OBc1ccc2c(c1)c1c(oc3c(c4cc(C#N)c5ccccc5c42)C=CCC3)C=CCC1. The average Bonchev–Trinajstić information content (AvgIpc) is 2.99. The number of hydrogen-bond donors (Lipinski definition) is 1. The first-order valence-corrected chi connectivity index (χ1v) is 14.1. The van der Waals surface area contributed by atoms with Crippen molar-refractivity contribution in [2.45, 2.75) is 64.6 Å². The van der Waals surface area contributed by atoms with Gasteiger partial charge in [0.1, 0.15) is 11.5 Å². The van der Waals surface area contributed by atoms with E-state index in [0.717, 1.165) is 80.5 Å². The highest BCUT2D eigenvalue weighted by molar-refractivity contribution is 6.47. The minimum atomic E-state index is -0.985. The molecular weight excluding hydrogens is 493 g/mol. The quantitative estimate of drug-likeness (QED) is 0.285. The van der Waals surface area contributed by atoms with E-state index in [1.807, 2.05) is 38.1 Å². The Morgan fingerprint density at radius 2 is 1.60 bits per heavy atom. The summed E-state index contributed by atoms with van der Waals surface area (Å²) in [7, 11) is 0.377. The molecule has 2 aliphatic carbocycles. The summed E-state index contributed by atoms with van der Waals surface area (Å²) in [4.78, 5) is 0. The molecule has 0 radical (unpaired) electrons.